The molecule has 0 amide bonds. The topological polar surface area (TPSA) is 61.1 Å². The smallest absolute Gasteiger partial charge is 0.300 e. The minimum Gasteiger partial charge on any atom is -0.300 e. The van der Waals surface area contributed by atoms with Crippen molar-refractivity contribution in [3.63, 3.8) is 0 Å². The van der Waals surface area contributed by atoms with Crippen LogP contribution >= 0.6 is 0 Å². The van der Waals surface area contributed by atoms with Crippen LogP contribution in [-0.4, -0.2) is 28.1 Å². The van der Waals surface area contributed by atoms with Crippen LogP contribution in [0.15, 0.2) is 17.2 Å². The molecule has 0 fully saturated rings. The van der Waals surface area contributed by atoms with Crippen LogP contribution in [0, 0.1) is 0 Å². The summed E-state index contributed by atoms with van der Waals surface area (Å²) in [5, 5.41) is 0. The zero-order chi connectivity index (χ0) is 13.3. The lowest BCUT2D eigenvalue weighted by Gasteiger charge is -2.18. The zero-order valence-electron chi connectivity index (χ0n) is 10.8. The van der Waals surface area contributed by atoms with E-state index < -0.39 is 14.6 Å². The van der Waals surface area contributed by atoms with Crippen LogP contribution < -0.4 is 5.69 Å². The van der Waals surface area contributed by atoms with Crippen molar-refractivity contribution in [3.05, 3.63) is 22.9 Å². The van der Waals surface area contributed by atoms with Gasteiger partial charge in [0, 0.05) is 25.5 Å². The maximum Gasteiger partial charge on any atom is 0.328 e. The summed E-state index contributed by atoms with van der Waals surface area (Å²) in [6, 6.07) is 0. The van der Waals surface area contributed by atoms with Gasteiger partial charge in [-0.25, -0.2) is 13.2 Å². The van der Waals surface area contributed by atoms with Gasteiger partial charge in [-0.1, -0.05) is 0 Å². The quantitative estimate of drug-likeness (QED) is 0.807. The van der Waals surface area contributed by atoms with Crippen molar-refractivity contribution in [2.75, 3.05) is 5.75 Å². The molecule has 0 aromatic carbocycles. The van der Waals surface area contributed by atoms with Crippen molar-refractivity contribution >= 4 is 9.84 Å². The molecular weight excluding hydrogens is 240 g/mol. The van der Waals surface area contributed by atoms with Crippen LogP contribution in [-0.2, 0) is 22.9 Å². The van der Waals surface area contributed by atoms with E-state index in [1.165, 1.54) is 4.57 Å². The summed E-state index contributed by atoms with van der Waals surface area (Å²) >= 11 is 0. The summed E-state index contributed by atoms with van der Waals surface area (Å²) in [4.78, 5) is 11.7. The summed E-state index contributed by atoms with van der Waals surface area (Å²) in [5.41, 5.74) is -0.156. The summed E-state index contributed by atoms with van der Waals surface area (Å²) in [7, 11) is -3.18. The Morgan fingerprint density at radius 1 is 1.18 bits per heavy atom. The highest BCUT2D eigenvalue weighted by Crippen LogP contribution is 2.15. The first-order valence-electron chi connectivity index (χ1n) is 5.67. The van der Waals surface area contributed by atoms with Crippen molar-refractivity contribution in [1.29, 1.82) is 0 Å². The Hall–Kier alpha value is -1.04. The Morgan fingerprint density at radius 3 is 2.12 bits per heavy atom. The van der Waals surface area contributed by atoms with E-state index in [-0.39, 0.29) is 18.0 Å². The fourth-order valence-electron chi connectivity index (χ4n) is 1.39. The summed E-state index contributed by atoms with van der Waals surface area (Å²) in [6.45, 7) is 7.69. The van der Waals surface area contributed by atoms with Crippen molar-refractivity contribution in [1.82, 2.24) is 9.13 Å². The second-order valence-corrected chi connectivity index (χ2v) is 7.85. The van der Waals surface area contributed by atoms with E-state index in [9.17, 15) is 13.2 Å². The average molecular weight is 260 g/mol. The van der Waals surface area contributed by atoms with E-state index in [4.69, 9.17) is 0 Å². The molecule has 1 heterocycles. The fourth-order valence-corrected chi connectivity index (χ4v) is 2.44. The molecule has 0 N–H and O–H groups in total. The highest BCUT2D eigenvalue weighted by Gasteiger charge is 2.28. The Bertz CT molecular complexity index is 532. The number of sulfone groups is 1. The lowest BCUT2D eigenvalue weighted by molar-refractivity contribution is 0.551. The third-order valence-corrected chi connectivity index (χ3v) is 5.38. The number of hydrogen-bond acceptors (Lipinski definition) is 3. The molecule has 17 heavy (non-hydrogen) atoms. The third kappa shape index (κ3) is 3.00. The summed E-state index contributed by atoms with van der Waals surface area (Å²) in [5.74, 6) is -0.00979. The highest BCUT2D eigenvalue weighted by atomic mass is 32.2. The zero-order valence-corrected chi connectivity index (χ0v) is 11.6. The van der Waals surface area contributed by atoms with Crippen molar-refractivity contribution in [3.8, 4) is 0 Å². The first-order valence-corrected chi connectivity index (χ1v) is 7.32. The van der Waals surface area contributed by atoms with Crippen LogP contribution in [0.4, 0.5) is 0 Å². The SMILES string of the molecule is CCn1ccn(CCS(=O)(=O)C(C)(C)C)c1=O. The molecule has 0 atom stereocenters. The van der Waals surface area contributed by atoms with Gasteiger partial charge in [-0.3, -0.25) is 9.13 Å². The van der Waals surface area contributed by atoms with E-state index >= 15 is 0 Å². The predicted octanol–water partition coefficient (Wildman–Crippen LogP) is 0.883. The number of imidazole rings is 1. The van der Waals surface area contributed by atoms with Gasteiger partial charge in [0.2, 0.25) is 0 Å². The fraction of sp³-hybridized carbons (Fsp3) is 0.727. The lowest BCUT2D eigenvalue weighted by Crippen LogP contribution is -2.34. The van der Waals surface area contributed by atoms with Gasteiger partial charge in [0.05, 0.1) is 10.5 Å². The second kappa shape index (κ2) is 4.68. The van der Waals surface area contributed by atoms with Gasteiger partial charge in [0.15, 0.2) is 9.84 Å². The van der Waals surface area contributed by atoms with E-state index in [1.807, 2.05) is 6.92 Å². The first kappa shape index (κ1) is 14.0. The highest BCUT2D eigenvalue weighted by molar-refractivity contribution is 7.92. The monoisotopic (exact) mass is 260 g/mol. The predicted molar refractivity (Wildman–Crippen MR) is 67.9 cm³/mol. The Balaban J connectivity index is 2.82. The van der Waals surface area contributed by atoms with E-state index in [0.29, 0.717) is 6.54 Å². The number of aryl methyl sites for hydroxylation is 2. The minimum absolute atomic E-state index is 0.00979. The molecule has 1 aromatic rings. The molecule has 0 unspecified atom stereocenters. The molecule has 6 heteroatoms. The number of rotatable bonds is 4. The molecule has 0 spiro atoms. The van der Waals surface area contributed by atoms with Gasteiger partial charge in [-0.15, -0.1) is 0 Å². The lowest BCUT2D eigenvalue weighted by atomic mass is 10.3. The number of nitrogens with zero attached hydrogens (tertiary/aromatic N) is 2. The molecule has 0 aliphatic heterocycles. The molecule has 1 rings (SSSR count). The van der Waals surface area contributed by atoms with Crippen molar-refractivity contribution in [2.45, 2.75) is 45.5 Å². The molecule has 0 aliphatic rings. The van der Waals surface area contributed by atoms with E-state index in [0.717, 1.165) is 0 Å². The first-order chi connectivity index (χ1) is 7.69. The molecule has 0 bridgehead atoms. The standard InChI is InChI=1S/C11H20N2O3S/c1-5-12-6-7-13(10(12)14)8-9-17(15,16)11(2,3)4/h6-7H,5,8-9H2,1-4H3. The molecule has 0 saturated carbocycles. The summed E-state index contributed by atoms with van der Waals surface area (Å²) < 4.78 is 26.0. The van der Waals surface area contributed by atoms with Crippen molar-refractivity contribution < 1.29 is 8.42 Å². The number of hydrogen-bond donors (Lipinski definition) is 0. The third-order valence-electron chi connectivity index (χ3n) is 2.79. The molecular formula is C11H20N2O3S. The molecule has 0 saturated heterocycles. The molecule has 98 valence electrons. The van der Waals surface area contributed by atoms with Crippen LogP contribution in [0.1, 0.15) is 27.7 Å². The van der Waals surface area contributed by atoms with Crippen LogP contribution in [0.3, 0.4) is 0 Å². The van der Waals surface area contributed by atoms with Crippen LogP contribution in [0.5, 0.6) is 0 Å². The normalized spacial score (nSPS) is 12.9. The average Bonchev–Trinajstić information content (AvgIpc) is 2.55. The van der Waals surface area contributed by atoms with Crippen LogP contribution in [0.2, 0.25) is 0 Å². The molecule has 5 nitrogen and oxygen atoms in total. The maximum absolute atomic E-state index is 11.9. The van der Waals surface area contributed by atoms with Gasteiger partial charge in [0.25, 0.3) is 0 Å². The van der Waals surface area contributed by atoms with Gasteiger partial charge >= 0.3 is 5.69 Å². The molecule has 0 radical (unpaired) electrons. The Labute approximate surface area is 102 Å². The Morgan fingerprint density at radius 2 is 1.71 bits per heavy atom. The molecule has 1 aromatic heterocycles. The van der Waals surface area contributed by atoms with Gasteiger partial charge in [0.1, 0.15) is 0 Å². The largest absolute Gasteiger partial charge is 0.328 e. The van der Waals surface area contributed by atoms with Gasteiger partial charge in [-0.2, -0.15) is 0 Å². The molecule has 0 aliphatic carbocycles. The van der Waals surface area contributed by atoms with E-state index in [1.54, 1.807) is 37.7 Å². The second-order valence-electron chi connectivity index (χ2n) is 4.99. The minimum atomic E-state index is -3.18. The van der Waals surface area contributed by atoms with Crippen molar-refractivity contribution in [2.24, 2.45) is 0 Å². The Kier molecular flexibility index (Phi) is 3.86. The van der Waals surface area contributed by atoms with Gasteiger partial charge < -0.3 is 0 Å². The van der Waals surface area contributed by atoms with Crippen LogP contribution in [0.25, 0.3) is 0 Å². The maximum atomic E-state index is 11.9. The summed E-state index contributed by atoms with van der Waals surface area (Å²) in [6.07, 6.45) is 3.30. The van der Waals surface area contributed by atoms with Gasteiger partial charge in [-0.05, 0) is 27.7 Å². The number of aromatic nitrogens is 2. The van der Waals surface area contributed by atoms with E-state index in [2.05, 4.69) is 0 Å².